The summed E-state index contributed by atoms with van der Waals surface area (Å²) in [6.07, 6.45) is 0. The number of rotatable bonds is 8. The Bertz CT molecular complexity index is 854. The van der Waals surface area contributed by atoms with E-state index in [-0.39, 0.29) is 41.8 Å². The first-order valence-corrected chi connectivity index (χ1v) is 9.91. The number of nitrogen functional groups attached to an aromatic ring is 1. The zero-order valence-corrected chi connectivity index (χ0v) is 15.2. The van der Waals surface area contributed by atoms with Gasteiger partial charge in [0, 0.05) is 5.69 Å². The third kappa shape index (κ3) is 4.52. The highest BCUT2D eigenvalue weighted by atomic mass is 32.3. The van der Waals surface area contributed by atoms with E-state index < -0.39 is 9.53 Å². The number of nitrogens with two attached hydrogens (primary N) is 2. The number of para-hydroxylation sites is 1. The molecule has 2 rings (SSSR count). The molecule has 2 aromatic rings. The molecule has 1 heterocycles. The first-order valence-electron chi connectivity index (χ1n) is 7.76. The Hall–Kier alpha value is -2.60. The standard InChI is InChI=1S/C15H23N7O3S/c1-3-26(17,24,25)11(2)22(9-10-23)15-20-13(16)19-14(21-15)18-12-7-5-4-6-8-12/h4-8,23H,2-3,9-10H2,1H3,(H3,17,24,25)(H3,16,18,19,20,21). The maximum Gasteiger partial charge on any atom is 0.237 e. The van der Waals surface area contributed by atoms with Crippen molar-refractivity contribution >= 4 is 33.1 Å². The van der Waals surface area contributed by atoms with Crippen LogP contribution in [0.1, 0.15) is 6.92 Å². The molecule has 0 unspecified atom stereocenters. The lowest BCUT2D eigenvalue weighted by atomic mass is 10.3. The minimum atomic E-state index is -4.67. The van der Waals surface area contributed by atoms with Crippen molar-refractivity contribution in [3.63, 3.8) is 0 Å². The van der Waals surface area contributed by atoms with Gasteiger partial charge in [-0.2, -0.15) is 19.2 Å². The van der Waals surface area contributed by atoms with Crippen molar-refractivity contribution in [2.24, 2.45) is 5.14 Å². The van der Waals surface area contributed by atoms with Gasteiger partial charge in [-0.05, 0) is 19.1 Å². The lowest BCUT2D eigenvalue weighted by Gasteiger charge is -2.43. The van der Waals surface area contributed by atoms with Gasteiger partial charge < -0.3 is 16.2 Å². The second-order valence-electron chi connectivity index (χ2n) is 5.49. The molecule has 0 radical (unpaired) electrons. The minimum Gasteiger partial charge on any atom is -0.395 e. The van der Waals surface area contributed by atoms with E-state index in [2.05, 4.69) is 26.8 Å². The van der Waals surface area contributed by atoms with E-state index >= 15 is 0 Å². The second kappa shape index (κ2) is 7.33. The summed E-state index contributed by atoms with van der Waals surface area (Å²) in [7, 11) is -4.67. The van der Waals surface area contributed by atoms with Crippen molar-refractivity contribution < 1.29 is 13.9 Å². The van der Waals surface area contributed by atoms with Crippen LogP contribution in [0.15, 0.2) is 41.9 Å². The van der Waals surface area contributed by atoms with E-state index in [9.17, 15) is 13.9 Å². The summed E-state index contributed by atoms with van der Waals surface area (Å²) < 4.78 is 22.9. The Morgan fingerprint density at radius 3 is 2.54 bits per heavy atom. The molecule has 26 heavy (non-hydrogen) atoms. The Morgan fingerprint density at radius 2 is 1.96 bits per heavy atom. The van der Waals surface area contributed by atoms with Gasteiger partial charge in [0.05, 0.1) is 18.9 Å². The number of aliphatic hydroxyl groups is 1. The predicted octanol–water partition coefficient (Wildman–Crippen LogP) is 0.654. The third-order valence-electron chi connectivity index (χ3n) is 3.60. The Kier molecular flexibility index (Phi) is 5.56. The molecule has 7 N–H and O–H groups in total. The van der Waals surface area contributed by atoms with Crippen LogP contribution in [0.2, 0.25) is 0 Å². The molecule has 0 aliphatic heterocycles. The molecular weight excluding hydrogens is 358 g/mol. The lowest BCUT2D eigenvalue weighted by molar-refractivity contribution is 0.304. The van der Waals surface area contributed by atoms with Crippen molar-refractivity contribution in [3.8, 4) is 0 Å². The van der Waals surface area contributed by atoms with Gasteiger partial charge in [0.15, 0.2) is 0 Å². The summed E-state index contributed by atoms with van der Waals surface area (Å²) in [5.74, 6) is -0.293. The molecule has 0 aliphatic carbocycles. The smallest absolute Gasteiger partial charge is 0.237 e. The number of aliphatic hydroxyl groups excluding tert-OH is 1. The molecule has 0 saturated carbocycles. The van der Waals surface area contributed by atoms with Gasteiger partial charge in [-0.25, -0.2) is 5.14 Å². The number of benzene rings is 1. The first kappa shape index (κ1) is 19.7. The van der Waals surface area contributed by atoms with Gasteiger partial charge >= 0.3 is 0 Å². The van der Waals surface area contributed by atoms with E-state index in [1.165, 1.54) is 6.92 Å². The van der Waals surface area contributed by atoms with E-state index in [1.807, 2.05) is 18.2 Å². The van der Waals surface area contributed by atoms with Crippen molar-refractivity contribution in [2.45, 2.75) is 6.92 Å². The quantitative estimate of drug-likeness (QED) is 0.441. The molecule has 1 aromatic carbocycles. The number of anilines is 4. The number of nitrogens with zero attached hydrogens (tertiary/aromatic N) is 4. The molecule has 0 spiro atoms. The first-order chi connectivity index (χ1) is 12.1. The topological polar surface area (TPSA) is 164 Å². The van der Waals surface area contributed by atoms with Gasteiger partial charge in [0.2, 0.25) is 17.8 Å². The Labute approximate surface area is 151 Å². The maximum absolute atomic E-state index is 12.6. The maximum atomic E-state index is 12.6. The molecule has 0 bridgehead atoms. The Morgan fingerprint density at radius 1 is 1.31 bits per heavy atom. The summed E-state index contributed by atoms with van der Waals surface area (Å²) >= 11 is 0. The number of hydrogen-bond donors (Lipinski definition) is 5. The van der Waals surface area contributed by atoms with Crippen LogP contribution in [0.3, 0.4) is 0 Å². The third-order valence-corrected chi connectivity index (χ3v) is 5.94. The van der Waals surface area contributed by atoms with Crippen LogP contribution in [0.5, 0.6) is 0 Å². The monoisotopic (exact) mass is 381 g/mol. The summed E-state index contributed by atoms with van der Waals surface area (Å²) in [5, 5.41) is 17.6. The SMILES string of the molecule is C=C(N(CCO)c1nc(N)nc(Nc2ccccc2)n1)S(N)(=O)(O)CC. The molecule has 142 valence electrons. The molecule has 10 nitrogen and oxygen atoms in total. The van der Waals surface area contributed by atoms with Gasteiger partial charge in [-0.3, -0.25) is 9.45 Å². The lowest BCUT2D eigenvalue weighted by Crippen LogP contribution is -2.51. The molecule has 0 saturated heterocycles. The van der Waals surface area contributed by atoms with Crippen LogP contribution in [0, 0.1) is 0 Å². The molecule has 11 heteroatoms. The van der Waals surface area contributed by atoms with Crippen molar-refractivity contribution in [2.75, 3.05) is 34.9 Å². The number of hydrogen-bond acceptors (Lipinski definition) is 8. The van der Waals surface area contributed by atoms with Crippen LogP contribution in [0.4, 0.5) is 23.5 Å². The van der Waals surface area contributed by atoms with Crippen LogP contribution < -0.4 is 21.1 Å². The zero-order chi connectivity index (χ0) is 19.4. The highest BCUT2D eigenvalue weighted by Gasteiger charge is 2.31. The van der Waals surface area contributed by atoms with Crippen molar-refractivity contribution in [1.29, 1.82) is 0 Å². The summed E-state index contributed by atoms with van der Waals surface area (Å²) in [6, 6.07) is 9.12. The Balaban J connectivity index is 2.43. The van der Waals surface area contributed by atoms with Crippen LogP contribution >= 0.6 is 0 Å². The van der Waals surface area contributed by atoms with E-state index in [0.717, 1.165) is 4.90 Å². The van der Waals surface area contributed by atoms with Crippen LogP contribution in [-0.4, -0.2) is 47.7 Å². The fourth-order valence-electron chi connectivity index (χ4n) is 2.05. The molecule has 0 aliphatic rings. The summed E-state index contributed by atoms with van der Waals surface area (Å²) in [6.45, 7) is 4.63. The van der Waals surface area contributed by atoms with Crippen molar-refractivity contribution in [1.82, 2.24) is 15.0 Å². The molecule has 1 aromatic heterocycles. The van der Waals surface area contributed by atoms with Crippen molar-refractivity contribution in [3.05, 3.63) is 41.9 Å². The molecule has 0 amide bonds. The van der Waals surface area contributed by atoms with Gasteiger partial charge in [0.1, 0.15) is 5.03 Å². The van der Waals surface area contributed by atoms with Gasteiger partial charge in [-0.15, -0.1) is 9.53 Å². The molecule has 0 atom stereocenters. The largest absolute Gasteiger partial charge is 0.395 e. The normalized spacial score (nSPS) is 12.8. The number of aromatic nitrogens is 3. The fourth-order valence-corrected chi connectivity index (χ4v) is 3.02. The highest BCUT2D eigenvalue weighted by molar-refractivity contribution is 8.16. The van der Waals surface area contributed by atoms with Crippen LogP contribution in [-0.2, 0) is 9.53 Å². The van der Waals surface area contributed by atoms with Gasteiger partial charge in [-0.1, -0.05) is 24.8 Å². The predicted molar refractivity (Wildman–Crippen MR) is 103 cm³/mol. The fraction of sp³-hybridized carbons (Fsp3) is 0.267. The highest BCUT2D eigenvalue weighted by Crippen LogP contribution is 2.29. The van der Waals surface area contributed by atoms with E-state index in [4.69, 9.17) is 10.9 Å². The second-order valence-corrected chi connectivity index (χ2v) is 8.79. The minimum absolute atomic E-state index is 0.0539. The zero-order valence-electron chi connectivity index (χ0n) is 14.4. The molecular formula is C15H23N7O3S. The van der Waals surface area contributed by atoms with Gasteiger partial charge in [0.25, 0.3) is 0 Å². The van der Waals surface area contributed by atoms with Crippen LogP contribution in [0.25, 0.3) is 0 Å². The average Bonchev–Trinajstić information content (AvgIpc) is 2.59. The van der Waals surface area contributed by atoms with E-state index in [0.29, 0.717) is 5.69 Å². The summed E-state index contributed by atoms with van der Waals surface area (Å²) in [5.41, 5.74) is 6.45. The summed E-state index contributed by atoms with van der Waals surface area (Å²) in [4.78, 5) is 13.3. The number of nitrogens with one attached hydrogen (secondary N) is 1. The average molecular weight is 381 g/mol. The van der Waals surface area contributed by atoms with E-state index in [1.54, 1.807) is 12.1 Å². The molecule has 0 fully saturated rings.